The van der Waals surface area contributed by atoms with E-state index in [2.05, 4.69) is 25.7 Å². The third kappa shape index (κ3) is 3.68. The Morgan fingerprint density at radius 1 is 1.71 bits per heavy atom. The molecule has 0 saturated carbocycles. The molecule has 1 aromatic rings. The number of nitrogens with zero attached hydrogens (tertiary/aromatic N) is 2. The number of nitrogen functional groups attached to an aromatic ring is 1. The zero-order chi connectivity index (χ0) is 13.0. The van der Waals surface area contributed by atoms with Crippen LogP contribution in [-0.4, -0.2) is 23.4 Å². The smallest absolute Gasteiger partial charge is 0.303 e. The second kappa shape index (κ2) is 5.60. The number of halogens is 1. The lowest BCUT2D eigenvalue weighted by Gasteiger charge is -2.20. The topological polar surface area (TPSA) is 118 Å². The number of hydrogen-bond acceptors (Lipinski definition) is 6. The van der Waals surface area contributed by atoms with E-state index in [1.54, 1.807) is 6.07 Å². The van der Waals surface area contributed by atoms with Gasteiger partial charge >= 0.3 is 5.97 Å². The van der Waals surface area contributed by atoms with E-state index in [0.717, 1.165) is 5.01 Å². The Hall–Kier alpha value is -1.67. The maximum atomic E-state index is 10.6. The Kier molecular flexibility index (Phi) is 4.41. The Bertz CT molecular complexity index is 451. The number of aromatic nitrogens is 1. The number of esters is 1. The van der Waals surface area contributed by atoms with Gasteiger partial charge in [-0.15, -0.1) is 0 Å². The predicted molar refractivity (Wildman–Crippen MR) is 67.4 cm³/mol. The molecule has 0 bridgehead atoms. The van der Waals surface area contributed by atoms with Crippen LogP contribution in [-0.2, 0) is 9.53 Å². The average Bonchev–Trinajstić information content (AvgIpc) is 2.28. The molecule has 0 aromatic carbocycles. The minimum Gasteiger partial charge on any atom is -0.458 e. The first-order valence-corrected chi connectivity index (χ1v) is 5.37. The molecule has 92 valence electrons. The normalized spacial score (nSPS) is 9.82. The van der Waals surface area contributed by atoms with E-state index in [9.17, 15) is 4.79 Å². The van der Waals surface area contributed by atoms with Crippen molar-refractivity contribution in [1.29, 1.82) is 5.41 Å². The number of anilines is 2. The summed E-state index contributed by atoms with van der Waals surface area (Å²) < 4.78 is 5.34. The van der Waals surface area contributed by atoms with Gasteiger partial charge in [0.2, 0.25) is 0 Å². The number of hydrazine groups is 1. The van der Waals surface area contributed by atoms with Crippen LogP contribution in [0.2, 0.25) is 0 Å². The van der Waals surface area contributed by atoms with Crippen molar-refractivity contribution < 1.29 is 9.53 Å². The Morgan fingerprint density at radius 2 is 2.35 bits per heavy atom. The van der Waals surface area contributed by atoms with Crippen molar-refractivity contribution in [3.8, 4) is 0 Å². The molecule has 0 aliphatic carbocycles. The third-order valence-electron chi connectivity index (χ3n) is 1.83. The van der Waals surface area contributed by atoms with E-state index >= 15 is 0 Å². The molecule has 8 heteroatoms. The van der Waals surface area contributed by atoms with Crippen LogP contribution in [0, 0.1) is 5.41 Å². The SMILES string of the molecule is CC(=O)OCC(=N)N(N)c1cc(Br)cnc1N. The summed E-state index contributed by atoms with van der Waals surface area (Å²) in [5.41, 5.74) is 5.98. The summed E-state index contributed by atoms with van der Waals surface area (Å²) in [5, 5.41) is 8.63. The summed E-state index contributed by atoms with van der Waals surface area (Å²) in [6, 6.07) is 1.62. The first-order valence-electron chi connectivity index (χ1n) is 4.58. The van der Waals surface area contributed by atoms with Crippen LogP contribution in [0.3, 0.4) is 0 Å². The molecule has 0 atom stereocenters. The van der Waals surface area contributed by atoms with E-state index in [1.165, 1.54) is 13.1 Å². The van der Waals surface area contributed by atoms with Crippen LogP contribution in [0.1, 0.15) is 6.92 Å². The Morgan fingerprint density at radius 3 is 2.94 bits per heavy atom. The highest BCUT2D eigenvalue weighted by Crippen LogP contribution is 2.22. The van der Waals surface area contributed by atoms with Gasteiger partial charge in [-0.25, -0.2) is 10.8 Å². The fourth-order valence-corrected chi connectivity index (χ4v) is 1.34. The van der Waals surface area contributed by atoms with Crippen molar-refractivity contribution in [2.45, 2.75) is 6.92 Å². The molecule has 7 nitrogen and oxygen atoms in total. The number of ether oxygens (including phenoxy) is 1. The van der Waals surface area contributed by atoms with E-state index in [4.69, 9.17) is 17.0 Å². The first kappa shape index (κ1) is 13.4. The van der Waals surface area contributed by atoms with Crippen molar-refractivity contribution in [3.05, 3.63) is 16.7 Å². The molecule has 1 rings (SSSR count). The Balaban J connectivity index is 2.81. The van der Waals surface area contributed by atoms with Crippen LogP contribution >= 0.6 is 15.9 Å². The molecule has 0 unspecified atom stereocenters. The lowest BCUT2D eigenvalue weighted by atomic mass is 10.3. The third-order valence-corrected chi connectivity index (χ3v) is 2.26. The molecule has 0 fully saturated rings. The molecule has 0 amide bonds. The number of carbonyl (C=O) groups is 1. The fraction of sp³-hybridized carbons (Fsp3) is 0.222. The Labute approximate surface area is 106 Å². The van der Waals surface area contributed by atoms with Gasteiger partial charge in [-0.3, -0.25) is 15.2 Å². The number of amidine groups is 1. The van der Waals surface area contributed by atoms with Gasteiger partial charge in [0.15, 0.2) is 5.84 Å². The zero-order valence-electron chi connectivity index (χ0n) is 9.11. The van der Waals surface area contributed by atoms with Gasteiger partial charge in [0.05, 0.1) is 0 Å². The van der Waals surface area contributed by atoms with Gasteiger partial charge in [0.25, 0.3) is 0 Å². The summed E-state index contributed by atoms with van der Waals surface area (Å²) >= 11 is 3.22. The molecule has 1 aromatic heterocycles. The molecule has 17 heavy (non-hydrogen) atoms. The van der Waals surface area contributed by atoms with Gasteiger partial charge in [-0.1, -0.05) is 0 Å². The van der Waals surface area contributed by atoms with Gasteiger partial charge < -0.3 is 10.5 Å². The molecule has 0 radical (unpaired) electrons. The van der Waals surface area contributed by atoms with Crippen LogP contribution in [0.15, 0.2) is 16.7 Å². The van der Waals surface area contributed by atoms with Crippen molar-refractivity contribution >= 4 is 39.2 Å². The monoisotopic (exact) mass is 301 g/mol. The number of hydrogen-bond donors (Lipinski definition) is 3. The van der Waals surface area contributed by atoms with Crippen LogP contribution < -0.4 is 16.6 Å². The quantitative estimate of drug-likeness (QED) is 0.248. The molecular formula is C9H12BrN5O2. The van der Waals surface area contributed by atoms with E-state index < -0.39 is 5.97 Å². The summed E-state index contributed by atoms with van der Waals surface area (Å²) in [6.45, 7) is 1.03. The van der Waals surface area contributed by atoms with Crippen LogP contribution in [0.25, 0.3) is 0 Å². The minimum atomic E-state index is -0.483. The van der Waals surface area contributed by atoms with Crippen molar-refractivity contribution in [2.24, 2.45) is 5.84 Å². The fourth-order valence-electron chi connectivity index (χ4n) is 1.02. The number of rotatable bonds is 3. The van der Waals surface area contributed by atoms with Crippen molar-refractivity contribution in [1.82, 2.24) is 4.98 Å². The van der Waals surface area contributed by atoms with E-state index in [1.807, 2.05) is 0 Å². The maximum Gasteiger partial charge on any atom is 0.303 e. The highest BCUT2D eigenvalue weighted by Gasteiger charge is 2.13. The lowest BCUT2D eigenvalue weighted by molar-refractivity contribution is -0.139. The molecule has 0 saturated heterocycles. The lowest BCUT2D eigenvalue weighted by Crippen LogP contribution is -2.40. The highest BCUT2D eigenvalue weighted by molar-refractivity contribution is 9.10. The maximum absolute atomic E-state index is 10.6. The van der Waals surface area contributed by atoms with E-state index in [-0.39, 0.29) is 18.3 Å². The highest BCUT2D eigenvalue weighted by atomic mass is 79.9. The minimum absolute atomic E-state index is 0.105. The number of pyridine rings is 1. The summed E-state index contributed by atoms with van der Waals surface area (Å²) in [5.74, 6) is 5.27. The van der Waals surface area contributed by atoms with Gasteiger partial charge in [-0.05, 0) is 22.0 Å². The standard InChI is InChI=1S/C9H12BrN5O2/c1-5(16)17-4-8(11)15(13)7-2-6(10)3-14-9(7)12/h2-3,11H,4,13H2,1H3,(H2,12,14). The molecule has 5 N–H and O–H groups in total. The summed E-state index contributed by atoms with van der Waals surface area (Å²) in [7, 11) is 0. The van der Waals surface area contributed by atoms with Crippen molar-refractivity contribution in [3.63, 3.8) is 0 Å². The largest absolute Gasteiger partial charge is 0.458 e. The second-order valence-corrected chi connectivity index (χ2v) is 4.07. The van der Waals surface area contributed by atoms with Gasteiger partial charge in [0, 0.05) is 17.6 Å². The van der Waals surface area contributed by atoms with Gasteiger partial charge in [0.1, 0.15) is 18.1 Å². The van der Waals surface area contributed by atoms with E-state index in [0.29, 0.717) is 10.2 Å². The average molecular weight is 302 g/mol. The molecule has 0 spiro atoms. The van der Waals surface area contributed by atoms with Gasteiger partial charge in [-0.2, -0.15) is 0 Å². The zero-order valence-corrected chi connectivity index (χ0v) is 10.7. The van der Waals surface area contributed by atoms with Crippen molar-refractivity contribution in [2.75, 3.05) is 17.3 Å². The molecule has 0 aliphatic rings. The van der Waals surface area contributed by atoms with Crippen LogP contribution in [0.4, 0.5) is 11.5 Å². The predicted octanol–water partition coefficient (Wildman–Crippen LogP) is 0.647. The molecule has 1 heterocycles. The number of carbonyl (C=O) groups excluding carboxylic acids is 1. The summed E-state index contributed by atoms with van der Waals surface area (Å²) in [4.78, 5) is 14.5. The first-order chi connectivity index (χ1) is 7.91. The second-order valence-electron chi connectivity index (χ2n) is 3.15. The number of nitrogens with one attached hydrogen (secondary N) is 1. The molecule has 0 aliphatic heterocycles. The number of nitrogens with two attached hydrogens (primary N) is 2. The molecular weight excluding hydrogens is 290 g/mol. The van der Waals surface area contributed by atoms with Crippen LogP contribution in [0.5, 0.6) is 0 Å². The summed E-state index contributed by atoms with van der Waals surface area (Å²) in [6.07, 6.45) is 1.52.